The van der Waals surface area contributed by atoms with Gasteiger partial charge in [0.15, 0.2) is 17.3 Å². The third kappa shape index (κ3) is 3.57. The average Bonchev–Trinajstić information content (AvgIpc) is 2.61. The van der Waals surface area contributed by atoms with Gasteiger partial charge >= 0.3 is 0 Å². The first-order valence-electron chi connectivity index (χ1n) is 7.22. The van der Waals surface area contributed by atoms with E-state index in [4.69, 9.17) is 15.2 Å². The van der Waals surface area contributed by atoms with Crippen molar-refractivity contribution < 1.29 is 18.3 Å². The zero-order chi connectivity index (χ0) is 17.8. The summed E-state index contributed by atoms with van der Waals surface area (Å²) in [6.45, 7) is 0. The van der Waals surface area contributed by atoms with Crippen LogP contribution >= 0.6 is 0 Å². The van der Waals surface area contributed by atoms with Crippen molar-refractivity contribution >= 4 is 17.2 Å². The third-order valence-electron chi connectivity index (χ3n) is 3.31. The Morgan fingerprint density at radius 1 is 1.04 bits per heavy atom. The van der Waals surface area contributed by atoms with Crippen molar-refractivity contribution in [3.05, 3.63) is 60.4 Å². The second kappa shape index (κ2) is 7.00. The molecule has 0 spiro atoms. The van der Waals surface area contributed by atoms with Crippen molar-refractivity contribution in [2.75, 3.05) is 18.2 Å². The highest BCUT2D eigenvalue weighted by Crippen LogP contribution is 2.35. The van der Waals surface area contributed by atoms with E-state index in [2.05, 4.69) is 15.3 Å². The Labute approximate surface area is 142 Å². The van der Waals surface area contributed by atoms with Crippen molar-refractivity contribution in [2.24, 2.45) is 0 Å². The number of ether oxygens (including phenoxy) is 2. The number of aromatic nitrogens is 2. The van der Waals surface area contributed by atoms with Crippen LogP contribution in [0.15, 0.2) is 48.8 Å². The second-order valence-corrected chi connectivity index (χ2v) is 4.94. The molecule has 0 unspecified atom stereocenters. The van der Waals surface area contributed by atoms with E-state index in [0.717, 1.165) is 12.1 Å². The first-order valence-corrected chi connectivity index (χ1v) is 7.22. The number of rotatable bonds is 5. The molecule has 3 aromatic rings. The normalized spacial score (nSPS) is 10.4. The molecule has 3 rings (SSSR count). The van der Waals surface area contributed by atoms with Crippen LogP contribution in [-0.4, -0.2) is 17.1 Å². The lowest BCUT2D eigenvalue weighted by molar-refractivity contribution is 0.374. The van der Waals surface area contributed by atoms with E-state index in [1.807, 2.05) is 0 Å². The summed E-state index contributed by atoms with van der Waals surface area (Å²) in [6, 6.07) is 10.1. The van der Waals surface area contributed by atoms with Crippen LogP contribution in [-0.2, 0) is 0 Å². The minimum atomic E-state index is -0.773. The Bertz CT molecular complexity index is 906. The summed E-state index contributed by atoms with van der Waals surface area (Å²) in [7, 11) is 1.51. The van der Waals surface area contributed by atoms with Gasteiger partial charge in [0.1, 0.15) is 23.6 Å². The molecule has 128 valence electrons. The summed E-state index contributed by atoms with van der Waals surface area (Å²) in [5.74, 6) is -0.340. The average molecular weight is 344 g/mol. The van der Waals surface area contributed by atoms with Crippen LogP contribution in [0.4, 0.5) is 26.0 Å². The van der Waals surface area contributed by atoms with Crippen LogP contribution in [0.3, 0.4) is 0 Å². The summed E-state index contributed by atoms with van der Waals surface area (Å²) in [5.41, 5.74) is 6.09. The van der Waals surface area contributed by atoms with Crippen LogP contribution in [0.2, 0.25) is 0 Å². The molecular weight excluding hydrogens is 330 g/mol. The maximum atomic E-state index is 13.8. The van der Waals surface area contributed by atoms with Crippen molar-refractivity contribution in [3.8, 4) is 17.4 Å². The fraction of sp³-hybridized carbons (Fsp3) is 0.0588. The number of nitrogens with zero attached hydrogens (tertiary/aromatic N) is 2. The number of benzene rings is 2. The van der Waals surface area contributed by atoms with E-state index in [-0.39, 0.29) is 23.1 Å². The van der Waals surface area contributed by atoms with Crippen molar-refractivity contribution in [1.82, 2.24) is 9.97 Å². The number of methoxy groups -OCH3 is 1. The van der Waals surface area contributed by atoms with Crippen LogP contribution in [0.5, 0.6) is 17.4 Å². The molecule has 0 aliphatic carbocycles. The molecule has 0 bridgehead atoms. The van der Waals surface area contributed by atoms with Crippen molar-refractivity contribution in [2.45, 2.75) is 0 Å². The van der Waals surface area contributed by atoms with Gasteiger partial charge in [-0.15, -0.1) is 0 Å². The molecule has 2 aromatic carbocycles. The number of nitrogen functional groups attached to an aromatic ring is 1. The topological polar surface area (TPSA) is 82.3 Å². The Hall–Kier alpha value is -3.42. The molecule has 25 heavy (non-hydrogen) atoms. The molecule has 1 aromatic heterocycles. The van der Waals surface area contributed by atoms with Gasteiger partial charge in [-0.05, 0) is 24.3 Å². The molecule has 0 fully saturated rings. The van der Waals surface area contributed by atoms with E-state index in [1.54, 1.807) is 24.3 Å². The van der Waals surface area contributed by atoms with E-state index in [9.17, 15) is 8.78 Å². The predicted octanol–water partition coefficient (Wildman–Crippen LogP) is 3.88. The van der Waals surface area contributed by atoms with Gasteiger partial charge in [-0.1, -0.05) is 12.1 Å². The monoisotopic (exact) mass is 344 g/mol. The minimum absolute atomic E-state index is 0.0232. The zero-order valence-electron chi connectivity index (χ0n) is 13.2. The number of anilines is 3. The summed E-state index contributed by atoms with van der Waals surface area (Å²) in [4.78, 5) is 7.94. The van der Waals surface area contributed by atoms with Gasteiger partial charge in [0.2, 0.25) is 5.88 Å². The Balaban J connectivity index is 1.89. The number of nitrogens with one attached hydrogen (secondary N) is 1. The van der Waals surface area contributed by atoms with E-state index >= 15 is 0 Å². The van der Waals surface area contributed by atoms with E-state index < -0.39 is 11.6 Å². The summed E-state index contributed by atoms with van der Waals surface area (Å²) < 4.78 is 37.6. The molecule has 0 aliphatic rings. The summed E-state index contributed by atoms with van der Waals surface area (Å²) in [6.07, 6.45) is 1.21. The van der Waals surface area contributed by atoms with Gasteiger partial charge in [-0.3, -0.25) is 0 Å². The molecule has 6 nitrogen and oxygen atoms in total. The minimum Gasteiger partial charge on any atom is -0.493 e. The molecule has 0 saturated carbocycles. The predicted molar refractivity (Wildman–Crippen MR) is 89.2 cm³/mol. The van der Waals surface area contributed by atoms with Crippen LogP contribution in [0.25, 0.3) is 0 Å². The van der Waals surface area contributed by atoms with Crippen LogP contribution in [0, 0.1) is 11.6 Å². The van der Waals surface area contributed by atoms with E-state index in [1.165, 1.54) is 19.5 Å². The Morgan fingerprint density at radius 3 is 2.52 bits per heavy atom. The number of hydrogen-bond acceptors (Lipinski definition) is 6. The smallest absolute Gasteiger partial charge is 0.248 e. The first-order chi connectivity index (χ1) is 12.1. The van der Waals surface area contributed by atoms with Gasteiger partial charge in [-0.2, -0.15) is 4.98 Å². The number of para-hydroxylation sites is 2. The van der Waals surface area contributed by atoms with Crippen molar-refractivity contribution in [1.29, 1.82) is 0 Å². The SMILES string of the molecule is COc1ccccc1Oc1ncnc(Nc2ccc(F)cc2F)c1N. The molecule has 0 atom stereocenters. The second-order valence-electron chi connectivity index (χ2n) is 4.94. The lowest BCUT2D eigenvalue weighted by atomic mass is 10.3. The van der Waals surface area contributed by atoms with E-state index in [0.29, 0.717) is 11.5 Å². The third-order valence-corrected chi connectivity index (χ3v) is 3.31. The fourth-order valence-corrected chi connectivity index (χ4v) is 2.09. The number of nitrogens with two attached hydrogens (primary N) is 1. The first kappa shape index (κ1) is 16.4. The number of hydrogen-bond donors (Lipinski definition) is 2. The maximum Gasteiger partial charge on any atom is 0.248 e. The van der Waals surface area contributed by atoms with Crippen molar-refractivity contribution in [3.63, 3.8) is 0 Å². The molecule has 1 heterocycles. The summed E-state index contributed by atoms with van der Waals surface area (Å²) >= 11 is 0. The van der Waals surface area contributed by atoms with Gasteiger partial charge in [0.25, 0.3) is 0 Å². The quantitative estimate of drug-likeness (QED) is 0.731. The molecule has 3 N–H and O–H groups in total. The largest absolute Gasteiger partial charge is 0.493 e. The highest BCUT2D eigenvalue weighted by Gasteiger charge is 2.14. The summed E-state index contributed by atoms with van der Waals surface area (Å²) in [5, 5.41) is 2.69. The van der Waals surface area contributed by atoms with Gasteiger partial charge in [0.05, 0.1) is 12.8 Å². The highest BCUT2D eigenvalue weighted by molar-refractivity contribution is 5.72. The molecular formula is C17H14F2N4O2. The number of halogens is 2. The highest BCUT2D eigenvalue weighted by atomic mass is 19.1. The Morgan fingerprint density at radius 2 is 1.80 bits per heavy atom. The van der Waals surface area contributed by atoms with Gasteiger partial charge < -0.3 is 20.5 Å². The zero-order valence-corrected chi connectivity index (χ0v) is 13.2. The maximum absolute atomic E-state index is 13.8. The molecule has 0 radical (unpaired) electrons. The fourth-order valence-electron chi connectivity index (χ4n) is 2.09. The van der Waals surface area contributed by atoms with Crippen LogP contribution in [0.1, 0.15) is 0 Å². The van der Waals surface area contributed by atoms with Gasteiger partial charge in [0, 0.05) is 6.07 Å². The lowest BCUT2D eigenvalue weighted by Crippen LogP contribution is -2.04. The molecule has 0 aliphatic heterocycles. The Kier molecular flexibility index (Phi) is 4.60. The standard InChI is InChI=1S/C17H14F2N4O2/c1-24-13-4-2-3-5-14(13)25-17-15(20)16(21-9-22-17)23-12-7-6-10(18)8-11(12)19/h2-9H,20H2,1H3,(H,21,22,23). The molecule has 8 heteroatoms. The molecule has 0 saturated heterocycles. The van der Waals surface area contributed by atoms with Crippen LogP contribution < -0.4 is 20.5 Å². The lowest BCUT2D eigenvalue weighted by Gasteiger charge is -2.13. The van der Waals surface area contributed by atoms with Gasteiger partial charge in [-0.25, -0.2) is 13.8 Å². The molecule has 0 amide bonds.